The smallest absolute Gasteiger partial charge is 0.0816 e. The van der Waals surface area contributed by atoms with Gasteiger partial charge in [-0.2, -0.15) is 0 Å². The lowest BCUT2D eigenvalue weighted by molar-refractivity contribution is -0.00541. The topological polar surface area (TPSA) is 49.5 Å². The van der Waals surface area contributed by atoms with Crippen molar-refractivity contribution in [1.29, 1.82) is 0 Å². The van der Waals surface area contributed by atoms with Crippen molar-refractivity contribution in [2.75, 3.05) is 19.6 Å². The highest BCUT2D eigenvalue weighted by molar-refractivity contribution is 7.80. The first-order chi connectivity index (χ1) is 8.98. The molecule has 1 atom stereocenters. The number of thiocarbonyl (C=S) groups is 1. The molecule has 3 N–H and O–H groups in total. The van der Waals surface area contributed by atoms with Crippen molar-refractivity contribution in [3.05, 3.63) is 35.9 Å². The Morgan fingerprint density at radius 1 is 1.37 bits per heavy atom. The van der Waals surface area contributed by atoms with E-state index in [0.717, 1.165) is 32.5 Å². The highest BCUT2D eigenvalue weighted by Crippen LogP contribution is 2.24. The molecule has 1 fully saturated rings. The van der Waals surface area contributed by atoms with Crippen LogP contribution in [0.4, 0.5) is 0 Å². The normalized spacial score (nSPS) is 20.9. The Morgan fingerprint density at radius 3 is 2.47 bits per heavy atom. The van der Waals surface area contributed by atoms with Crippen molar-refractivity contribution in [1.82, 2.24) is 4.90 Å². The van der Waals surface area contributed by atoms with Gasteiger partial charge in [-0.15, -0.1) is 0 Å². The summed E-state index contributed by atoms with van der Waals surface area (Å²) in [6.45, 7) is 4.56. The van der Waals surface area contributed by atoms with Crippen molar-refractivity contribution in [3.8, 4) is 0 Å². The zero-order valence-corrected chi connectivity index (χ0v) is 12.2. The van der Waals surface area contributed by atoms with Crippen LogP contribution >= 0.6 is 12.2 Å². The van der Waals surface area contributed by atoms with Gasteiger partial charge in [0.2, 0.25) is 0 Å². The summed E-state index contributed by atoms with van der Waals surface area (Å²) in [5.41, 5.74) is 6.56. The van der Waals surface area contributed by atoms with Crippen LogP contribution in [-0.2, 0) is 0 Å². The molecule has 19 heavy (non-hydrogen) atoms. The van der Waals surface area contributed by atoms with Crippen molar-refractivity contribution < 1.29 is 5.11 Å². The van der Waals surface area contributed by atoms with Gasteiger partial charge in [0.1, 0.15) is 0 Å². The molecule has 0 bridgehead atoms. The van der Waals surface area contributed by atoms with Gasteiger partial charge < -0.3 is 15.7 Å². The zero-order chi connectivity index (χ0) is 13.9. The van der Waals surface area contributed by atoms with E-state index in [1.165, 1.54) is 5.56 Å². The summed E-state index contributed by atoms with van der Waals surface area (Å²) in [7, 11) is 0. The largest absolute Gasteiger partial charge is 0.393 e. The number of likely N-dealkylation sites (tertiary alicyclic amines) is 1. The molecular weight excluding hydrogens is 256 g/mol. The van der Waals surface area contributed by atoms with E-state index in [9.17, 15) is 5.11 Å². The van der Waals surface area contributed by atoms with E-state index in [2.05, 4.69) is 17.0 Å². The van der Waals surface area contributed by atoms with Gasteiger partial charge >= 0.3 is 0 Å². The van der Waals surface area contributed by atoms with E-state index < -0.39 is 5.60 Å². The third kappa shape index (κ3) is 4.00. The van der Waals surface area contributed by atoms with Gasteiger partial charge in [-0.3, -0.25) is 0 Å². The molecule has 3 nitrogen and oxygen atoms in total. The summed E-state index contributed by atoms with van der Waals surface area (Å²) >= 11 is 5.21. The number of hydrogen-bond acceptors (Lipinski definition) is 3. The van der Waals surface area contributed by atoms with E-state index in [1.54, 1.807) is 0 Å². The second kappa shape index (κ2) is 5.99. The van der Waals surface area contributed by atoms with Crippen LogP contribution < -0.4 is 5.73 Å². The van der Waals surface area contributed by atoms with Crippen LogP contribution in [0.5, 0.6) is 0 Å². The summed E-state index contributed by atoms with van der Waals surface area (Å²) in [5.74, 6) is 0.0965. The van der Waals surface area contributed by atoms with Crippen LogP contribution in [0.25, 0.3) is 0 Å². The number of rotatable bonds is 4. The molecule has 1 heterocycles. The Morgan fingerprint density at radius 2 is 1.95 bits per heavy atom. The van der Waals surface area contributed by atoms with Crippen LogP contribution in [0.2, 0.25) is 0 Å². The van der Waals surface area contributed by atoms with Crippen molar-refractivity contribution in [2.24, 2.45) is 5.73 Å². The molecule has 0 saturated carbocycles. The molecule has 0 spiro atoms. The van der Waals surface area contributed by atoms with E-state index in [-0.39, 0.29) is 5.92 Å². The molecule has 4 heteroatoms. The molecule has 1 aromatic rings. The monoisotopic (exact) mass is 278 g/mol. The second-order valence-corrected chi connectivity index (χ2v) is 6.13. The maximum Gasteiger partial charge on any atom is 0.0816 e. The number of piperidine rings is 1. The first-order valence-corrected chi connectivity index (χ1v) is 7.18. The Hall–Kier alpha value is -0.970. The number of hydrogen-bond donors (Lipinski definition) is 2. The zero-order valence-electron chi connectivity index (χ0n) is 11.4. The first-order valence-electron chi connectivity index (χ1n) is 6.77. The van der Waals surface area contributed by atoms with Crippen LogP contribution in [-0.4, -0.2) is 40.2 Å². The molecule has 1 aliphatic heterocycles. The minimum atomic E-state index is -0.512. The predicted molar refractivity (Wildman–Crippen MR) is 82.3 cm³/mol. The molecule has 0 aromatic heterocycles. The Kier molecular flexibility index (Phi) is 4.55. The average Bonchev–Trinajstić information content (AvgIpc) is 2.38. The fraction of sp³-hybridized carbons (Fsp3) is 0.533. The average molecular weight is 278 g/mol. The van der Waals surface area contributed by atoms with Crippen molar-refractivity contribution in [2.45, 2.75) is 31.3 Å². The van der Waals surface area contributed by atoms with Gasteiger partial charge in [0.15, 0.2) is 0 Å². The lowest BCUT2D eigenvalue weighted by atomic mass is 9.92. The third-order valence-corrected chi connectivity index (χ3v) is 4.20. The molecule has 1 unspecified atom stereocenters. The summed E-state index contributed by atoms with van der Waals surface area (Å²) in [5, 5.41) is 9.98. The number of aliphatic hydroxyl groups is 1. The molecule has 1 aliphatic rings. The van der Waals surface area contributed by atoms with Crippen LogP contribution in [0.3, 0.4) is 0 Å². The maximum absolute atomic E-state index is 9.98. The van der Waals surface area contributed by atoms with Gasteiger partial charge in [0.05, 0.1) is 10.6 Å². The van der Waals surface area contributed by atoms with Crippen molar-refractivity contribution >= 4 is 17.2 Å². The lowest BCUT2D eigenvalue weighted by Crippen LogP contribution is -2.45. The van der Waals surface area contributed by atoms with Crippen LogP contribution in [0.1, 0.15) is 31.2 Å². The first kappa shape index (κ1) is 14.4. The van der Waals surface area contributed by atoms with Crippen LogP contribution in [0.15, 0.2) is 30.3 Å². The molecular formula is C15H22N2OS. The summed E-state index contributed by atoms with van der Waals surface area (Å²) < 4.78 is 0. The highest BCUT2D eigenvalue weighted by Gasteiger charge is 2.29. The quantitative estimate of drug-likeness (QED) is 0.826. The maximum atomic E-state index is 9.98. The minimum absolute atomic E-state index is 0.0965. The van der Waals surface area contributed by atoms with Crippen LogP contribution in [0, 0.1) is 0 Å². The van der Waals surface area contributed by atoms with Gasteiger partial charge in [-0.1, -0.05) is 42.5 Å². The minimum Gasteiger partial charge on any atom is -0.393 e. The van der Waals surface area contributed by atoms with E-state index >= 15 is 0 Å². The Labute approximate surface area is 120 Å². The van der Waals surface area contributed by atoms with E-state index in [1.807, 2.05) is 25.1 Å². The predicted octanol–water partition coefficient (Wildman–Crippen LogP) is 1.90. The highest BCUT2D eigenvalue weighted by atomic mass is 32.1. The summed E-state index contributed by atoms with van der Waals surface area (Å²) in [6.07, 6.45) is 1.62. The molecule has 104 valence electrons. The molecule has 0 aliphatic carbocycles. The standard InChI is InChI=1S/C15H22N2OS/c1-15(18)7-9-17(10-8-15)11-13(14(16)19)12-5-3-2-4-6-12/h2-6,13,18H,7-11H2,1H3,(H2,16,19). The van der Waals surface area contributed by atoms with Gasteiger partial charge in [-0.25, -0.2) is 0 Å². The molecule has 1 aromatic carbocycles. The van der Waals surface area contributed by atoms with E-state index in [0.29, 0.717) is 4.99 Å². The summed E-state index contributed by atoms with van der Waals surface area (Å²) in [4.78, 5) is 2.89. The second-order valence-electron chi connectivity index (χ2n) is 5.66. The molecule has 1 saturated heterocycles. The Bertz CT molecular complexity index is 423. The lowest BCUT2D eigenvalue weighted by Gasteiger charge is -2.37. The van der Waals surface area contributed by atoms with E-state index in [4.69, 9.17) is 18.0 Å². The van der Waals surface area contributed by atoms with Crippen molar-refractivity contribution in [3.63, 3.8) is 0 Å². The molecule has 0 radical (unpaired) electrons. The fourth-order valence-corrected chi connectivity index (χ4v) is 2.73. The number of benzene rings is 1. The number of nitrogens with zero attached hydrogens (tertiary/aromatic N) is 1. The number of nitrogens with two attached hydrogens (primary N) is 1. The van der Waals surface area contributed by atoms with Gasteiger partial charge in [0, 0.05) is 25.6 Å². The summed E-state index contributed by atoms with van der Waals surface area (Å²) in [6, 6.07) is 10.2. The van der Waals surface area contributed by atoms with Gasteiger partial charge in [0.25, 0.3) is 0 Å². The SMILES string of the molecule is CC1(O)CCN(CC(C(N)=S)c2ccccc2)CC1. The fourth-order valence-electron chi connectivity index (χ4n) is 2.52. The third-order valence-electron chi connectivity index (χ3n) is 3.92. The van der Waals surface area contributed by atoms with Gasteiger partial charge in [-0.05, 0) is 25.3 Å². The Balaban J connectivity index is 2.01. The molecule has 2 rings (SSSR count). The molecule has 0 amide bonds.